The van der Waals surface area contributed by atoms with Gasteiger partial charge in [-0.15, -0.1) is 0 Å². The predicted molar refractivity (Wildman–Crippen MR) is 250 cm³/mol. The maximum absolute atomic E-state index is 2.69. The summed E-state index contributed by atoms with van der Waals surface area (Å²) < 4.78 is 0. The normalized spacial score (nSPS) is 26.6. The fraction of sp³-hybridized carbons (Fsp3) is 0.186. The van der Waals surface area contributed by atoms with Crippen LogP contribution in [0.5, 0.6) is 0 Å². The van der Waals surface area contributed by atoms with Crippen molar-refractivity contribution in [3.63, 3.8) is 0 Å². The maximum Gasteiger partial charge on any atom is 0.0206 e. The molecule has 0 aliphatic heterocycles. The van der Waals surface area contributed by atoms with Gasteiger partial charge in [-0.05, 0) is 155 Å². The topological polar surface area (TPSA) is 0 Å². The zero-order chi connectivity index (χ0) is 38.8. The van der Waals surface area contributed by atoms with Gasteiger partial charge in [0.25, 0.3) is 0 Å². The summed E-state index contributed by atoms with van der Waals surface area (Å²) in [6.45, 7) is 2.37. The van der Waals surface area contributed by atoms with Crippen molar-refractivity contribution < 1.29 is 0 Å². The number of rotatable bonds is 4. The quantitative estimate of drug-likeness (QED) is 0.160. The molecule has 0 aromatic heterocycles. The van der Waals surface area contributed by atoms with Crippen LogP contribution in [-0.4, -0.2) is 0 Å². The Hall–Kier alpha value is -6.24. The molecule has 0 nitrogen and oxygen atoms in total. The van der Waals surface area contributed by atoms with Crippen LogP contribution in [0, 0.1) is 35.5 Å². The van der Waals surface area contributed by atoms with Crippen molar-refractivity contribution in [2.45, 2.75) is 32.6 Å². The molecular weight excluding hydrogens is 709 g/mol. The number of allylic oxidation sites excluding steroid dienone is 22. The standard InChI is InChI=1S/C59H46/c1-35-28-29-41-40(32-35)33-48-53-44(41)24-14-27-47(53)58-51(38-20-10-4-11-21-38)49-34-50-54-45(25-15-26-46(54)57(49)52(59(48)58)39-22-12-5-13-23-39)55-42(36-16-6-2-7-17-36)30-31-43(56(50)55)37-18-8-3-9-19-37/h2-16,18,20-30,33-37,43-44,53H,17,19,31-32H2,1H3. The lowest BCUT2D eigenvalue weighted by atomic mass is 9.68. The summed E-state index contributed by atoms with van der Waals surface area (Å²) in [5.74, 6) is 2.47. The molecule has 282 valence electrons. The lowest BCUT2D eigenvalue weighted by Gasteiger charge is -2.35. The third-order valence-electron chi connectivity index (χ3n) is 15.0. The average Bonchev–Trinajstić information content (AvgIpc) is 3.80. The number of benzene rings is 5. The molecule has 0 saturated carbocycles. The Balaban J connectivity index is 1.19. The van der Waals surface area contributed by atoms with Gasteiger partial charge in [0.15, 0.2) is 0 Å². The van der Waals surface area contributed by atoms with Crippen LogP contribution in [0.4, 0.5) is 0 Å². The molecule has 5 aromatic rings. The van der Waals surface area contributed by atoms with Crippen LogP contribution in [-0.2, 0) is 0 Å². The Morgan fingerprint density at radius 2 is 1.36 bits per heavy atom. The Bertz CT molecular complexity index is 3050. The number of hydrogen-bond acceptors (Lipinski definition) is 0. The Kier molecular flexibility index (Phi) is 7.36. The van der Waals surface area contributed by atoms with Crippen molar-refractivity contribution >= 4 is 43.8 Å². The lowest BCUT2D eigenvalue weighted by molar-refractivity contribution is 0.490. The van der Waals surface area contributed by atoms with Crippen molar-refractivity contribution in [1.29, 1.82) is 0 Å². The van der Waals surface area contributed by atoms with Gasteiger partial charge in [0.2, 0.25) is 0 Å². The van der Waals surface area contributed by atoms with Gasteiger partial charge in [0, 0.05) is 17.8 Å². The van der Waals surface area contributed by atoms with Crippen LogP contribution in [0.1, 0.15) is 54.9 Å². The molecule has 0 bridgehead atoms. The summed E-state index contributed by atoms with van der Waals surface area (Å²) in [7, 11) is 0. The van der Waals surface area contributed by atoms with E-state index in [1.165, 1.54) is 99.5 Å². The summed E-state index contributed by atoms with van der Waals surface area (Å²) in [6.07, 6.45) is 40.5. The van der Waals surface area contributed by atoms with E-state index in [2.05, 4.69) is 183 Å². The highest BCUT2D eigenvalue weighted by atomic mass is 14.5. The number of fused-ring (bicyclic) bond motifs is 8. The minimum absolute atomic E-state index is 0.302. The van der Waals surface area contributed by atoms with E-state index in [9.17, 15) is 0 Å². The molecular formula is C59H46. The van der Waals surface area contributed by atoms with Crippen molar-refractivity contribution in [2.24, 2.45) is 35.5 Å². The van der Waals surface area contributed by atoms with Crippen LogP contribution < -0.4 is 0 Å². The van der Waals surface area contributed by atoms with Crippen LogP contribution in [0.2, 0.25) is 0 Å². The second-order valence-corrected chi connectivity index (χ2v) is 18.1. The fourth-order valence-electron chi connectivity index (χ4n) is 12.6. The highest BCUT2D eigenvalue weighted by Crippen LogP contribution is 2.64. The molecule has 6 atom stereocenters. The summed E-state index contributed by atoms with van der Waals surface area (Å²) in [6, 6.07) is 32.8. The van der Waals surface area contributed by atoms with Crippen molar-refractivity contribution in [2.75, 3.05) is 0 Å². The van der Waals surface area contributed by atoms with Crippen molar-refractivity contribution in [1.82, 2.24) is 0 Å². The molecule has 6 unspecified atom stereocenters. The van der Waals surface area contributed by atoms with E-state index in [0.29, 0.717) is 35.5 Å². The third kappa shape index (κ3) is 4.78. The summed E-state index contributed by atoms with van der Waals surface area (Å²) in [5.41, 5.74) is 21.9. The predicted octanol–water partition coefficient (Wildman–Crippen LogP) is 15.3. The minimum Gasteiger partial charge on any atom is -0.0839 e. The molecule has 0 spiro atoms. The Labute approximate surface area is 347 Å². The molecule has 0 radical (unpaired) electrons. The second-order valence-electron chi connectivity index (χ2n) is 18.1. The molecule has 0 N–H and O–H groups in total. The lowest BCUT2D eigenvalue weighted by Crippen LogP contribution is -2.22. The Morgan fingerprint density at radius 3 is 2.14 bits per heavy atom. The van der Waals surface area contributed by atoms with E-state index in [1.807, 2.05) is 0 Å². The van der Waals surface area contributed by atoms with Gasteiger partial charge >= 0.3 is 0 Å². The van der Waals surface area contributed by atoms with Crippen LogP contribution in [0.15, 0.2) is 193 Å². The van der Waals surface area contributed by atoms with Crippen molar-refractivity contribution in [3.8, 4) is 22.3 Å². The highest BCUT2D eigenvalue weighted by Gasteiger charge is 2.46. The van der Waals surface area contributed by atoms with Gasteiger partial charge in [-0.1, -0.05) is 177 Å². The van der Waals surface area contributed by atoms with E-state index in [-0.39, 0.29) is 0 Å². The van der Waals surface area contributed by atoms with Gasteiger partial charge in [-0.2, -0.15) is 0 Å². The Morgan fingerprint density at radius 1 is 0.576 bits per heavy atom. The SMILES string of the molecule is CC1C=CC2=C(C=C3c4c(c(-c5ccccc5)c5cc6c7c(cccc7c5c4-c4ccccc4)C4=C6C(C5C=CC=CC5)CC=C4C4C=CC=CC4)C4=CC=CC2C43)C1. The summed E-state index contributed by atoms with van der Waals surface area (Å²) in [5, 5.41) is 5.63. The zero-order valence-electron chi connectivity index (χ0n) is 33.5. The molecule has 13 rings (SSSR count). The van der Waals surface area contributed by atoms with E-state index < -0.39 is 0 Å². The molecule has 5 aromatic carbocycles. The molecule has 59 heavy (non-hydrogen) atoms. The zero-order valence-corrected chi connectivity index (χ0v) is 33.5. The molecule has 0 heteroatoms. The molecule has 0 saturated heterocycles. The summed E-state index contributed by atoms with van der Waals surface area (Å²) >= 11 is 0. The fourth-order valence-corrected chi connectivity index (χ4v) is 12.6. The maximum atomic E-state index is 2.69. The van der Waals surface area contributed by atoms with Crippen LogP contribution in [0.3, 0.4) is 0 Å². The van der Waals surface area contributed by atoms with E-state index in [4.69, 9.17) is 0 Å². The molecule has 0 fully saturated rings. The number of hydrogen-bond donors (Lipinski definition) is 0. The van der Waals surface area contributed by atoms with Crippen LogP contribution in [0.25, 0.3) is 66.1 Å². The first-order valence-corrected chi connectivity index (χ1v) is 22.1. The molecule has 8 aliphatic carbocycles. The molecule has 8 aliphatic rings. The van der Waals surface area contributed by atoms with Gasteiger partial charge < -0.3 is 0 Å². The molecule has 0 amide bonds. The average molecular weight is 755 g/mol. The van der Waals surface area contributed by atoms with Gasteiger partial charge in [-0.3, -0.25) is 0 Å². The molecule has 0 heterocycles. The monoisotopic (exact) mass is 754 g/mol. The van der Waals surface area contributed by atoms with Gasteiger partial charge in [0.05, 0.1) is 0 Å². The first-order chi connectivity index (χ1) is 29.2. The first-order valence-electron chi connectivity index (χ1n) is 22.1. The minimum atomic E-state index is 0.302. The third-order valence-corrected chi connectivity index (χ3v) is 15.0. The van der Waals surface area contributed by atoms with Crippen molar-refractivity contribution in [3.05, 3.63) is 215 Å². The van der Waals surface area contributed by atoms with Gasteiger partial charge in [-0.25, -0.2) is 0 Å². The van der Waals surface area contributed by atoms with E-state index in [1.54, 1.807) is 5.57 Å². The van der Waals surface area contributed by atoms with Gasteiger partial charge in [0.1, 0.15) is 0 Å². The smallest absolute Gasteiger partial charge is 0.0206 e. The first kappa shape index (κ1) is 33.7. The second kappa shape index (κ2) is 12.9. The van der Waals surface area contributed by atoms with E-state index >= 15 is 0 Å². The van der Waals surface area contributed by atoms with Crippen LogP contribution >= 0.6 is 0 Å². The largest absolute Gasteiger partial charge is 0.0839 e. The summed E-state index contributed by atoms with van der Waals surface area (Å²) in [4.78, 5) is 0. The van der Waals surface area contributed by atoms with E-state index in [0.717, 1.165) is 25.7 Å². The highest BCUT2D eigenvalue weighted by molar-refractivity contribution is 6.30.